The minimum absolute atomic E-state index is 0.155. The molecule has 2 aromatic carbocycles. The summed E-state index contributed by atoms with van der Waals surface area (Å²) in [5, 5.41) is 13.5. The van der Waals surface area contributed by atoms with Gasteiger partial charge in [0, 0.05) is 12.1 Å². The molecule has 0 aliphatic heterocycles. The quantitative estimate of drug-likeness (QED) is 0.465. The molecule has 7 nitrogen and oxygen atoms in total. The highest BCUT2D eigenvalue weighted by Crippen LogP contribution is 2.23. The summed E-state index contributed by atoms with van der Waals surface area (Å²) in [6.45, 7) is 1.79. The Balaban J connectivity index is 2.30. The Hall–Kier alpha value is -3.29. The zero-order chi connectivity index (χ0) is 19.1. The van der Waals surface area contributed by atoms with Crippen LogP contribution in [0.15, 0.2) is 48.5 Å². The highest BCUT2D eigenvalue weighted by Gasteiger charge is 2.23. The number of carbonyl (C=O) groups is 2. The van der Waals surface area contributed by atoms with Crippen molar-refractivity contribution < 1.29 is 23.6 Å². The van der Waals surface area contributed by atoms with Gasteiger partial charge in [0.1, 0.15) is 5.82 Å². The minimum Gasteiger partial charge on any atom is -0.466 e. The number of nitro groups is 1. The lowest BCUT2D eigenvalue weighted by Crippen LogP contribution is -2.31. The van der Waals surface area contributed by atoms with E-state index >= 15 is 0 Å². The Labute approximate surface area is 148 Å². The fourth-order valence-electron chi connectivity index (χ4n) is 2.38. The molecule has 2 aromatic rings. The SMILES string of the molecule is CCOC(=O)CC(NC(=O)c1ccccc1F)c1cccc([N+](=O)[O-])c1. The van der Waals surface area contributed by atoms with Crippen molar-refractivity contribution in [1.82, 2.24) is 5.32 Å². The fourth-order valence-corrected chi connectivity index (χ4v) is 2.38. The van der Waals surface area contributed by atoms with Crippen LogP contribution >= 0.6 is 0 Å². The largest absolute Gasteiger partial charge is 0.466 e. The van der Waals surface area contributed by atoms with Gasteiger partial charge in [0.05, 0.1) is 29.6 Å². The molecule has 0 aliphatic rings. The Morgan fingerprint density at radius 2 is 1.96 bits per heavy atom. The predicted molar refractivity (Wildman–Crippen MR) is 91.0 cm³/mol. The zero-order valence-corrected chi connectivity index (χ0v) is 14.0. The second-order valence-electron chi connectivity index (χ2n) is 5.37. The van der Waals surface area contributed by atoms with E-state index in [1.54, 1.807) is 13.0 Å². The van der Waals surface area contributed by atoms with E-state index in [2.05, 4.69) is 5.32 Å². The lowest BCUT2D eigenvalue weighted by Gasteiger charge is -2.18. The van der Waals surface area contributed by atoms with Crippen LogP contribution in [0.2, 0.25) is 0 Å². The van der Waals surface area contributed by atoms with Gasteiger partial charge in [0.15, 0.2) is 0 Å². The summed E-state index contributed by atoms with van der Waals surface area (Å²) in [5.74, 6) is -2.03. The number of rotatable bonds is 7. The van der Waals surface area contributed by atoms with Crippen LogP contribution in [-0.2, 0) is 9.53 Å². The summed E-state index contributed by atoms with van der Waals surface area (Å²) in [5.41, 5.74) is -0.0276. The Morgan fingerprint density at radius 1 is 1.23 bits per heavy atom. The molecule has 1 amide bonds. The Kier molecular flexibility index (Phi) is 6.37. The van der Waals surface area contributed by atoms with Crippen molar-refractivity contribution in [1.29, 1.82) is 0 Å². The lowest BCUT2D eigenvalue weighted by molar-refractivity contribution is -0.384. The van der Waals surface area contributed by atoms with E-state index in [0.29, 0.717) is 5.56 Å². The van der Waals surface area contributed by atoms with Gasteiger partial charge >= 0.3 is 5.97 Å². The third-order valence-electron chi connectivity index (χ3n) is 3.58. The summed E-state index contributed by atoms with van der Waals surface area (Å²) >= 11 is 0. The molecule has 0 spiro atoms. The molecule has 0 fully saturated rings. The van der Waals surface area contributed by atoms with E-state index in [4.69, 9.17) is 4.74 Å². The summed E-state index contributed by atoms with van der Waals surface area (Å²) in [7, 11) is 0. The first-order valence-electron chi connectivity index (χ1n) is 7.87. The second kappa shape index (κ2) is 8.70. The van der Waals surface area contributed by atoms with Crippen LogP contribution in [0, 0.1) is 15.9 Å². The van der Waals surface area contributed by atoms with Crippen LogP contribution < -0.4 is 5.32 Å². The molecule has 0 saturated carbocycles. The van der Waals surface area contributed by atoms with Gasteiger partial charge in [0.2, 0.25) is 0 Å². The number of nitro benzene ring substituents is 1. The van der Waals surface area contributed by atoms with Crippen molar-refractivity contribution in [2.24, 2.45) is 0 Å². The topological polar surface area (TPSA) is 98.5 Å². The summed E-state index contributed by atoms with van der Waals surface area (Å²) in [4.78, 5) is 34.6. The number of halogens is 1. The van der Waals surface area contributed by atoms with E-state index in [0.717, 1.165) is 6.07 Å². The third kappa shape index (κ3) is 4.85. The smallest absolute Gasteiger partial charge is 0.308 e. The molecular weight excluding hydrogens is 343 g/mol. The maximum atomic E-state index is 13.8. The van der Waals surface area contributed by atoms with E-state index in [9.17, 15) is 24.1 Å². The van der Waals surface area contributed by atoms with Gasteiger partial charge in [-0.1, -0.05) is 24.3 Å². The molecule has 0 radical (unpaired) electrons. The molecule has 0 heterocycles. The maximum absolute atomic E-state index is 13.8. The van der Waals surface area contributed by atoms with E-state index in [1.807, 2.05) is 0 Å². The lowest BCUT2D eigenvalue weighted by atomic mass is 10.0. The van der Waals surface area contributed by atoms with Crippen molar-refractivity contribution >= 4 is 17.6 Å². The van der Waals surface area contributed by atoms with Gasteiger partial charge in [0.25, 0.3) is 11.6 Å². The van der Waals surface area contributed by atoms with Gasteiger partial charge in [-0.05, 0) is 24.6 Å². The first-order chi connectivity index (χ1) is 12.4. The number of esters is 1. The first-order valence-corrected chi connectivity index (χ1v) is 7.87. The van der Waals surface area contributed by atoms with Crippen LogP contribution in [0.1, 0.15) is 35.3 Å². The Bertz CT molecular complexity index is 825. The summed E-state index contributed by atoms with van der Waals surface area (Å²) in [6, 6.07) is 10.0. The highest BCUT2D eigenvalue weighted by molar-refractivity contribution is 5.95. The number of nitrogens with zero attached hydrogens (tertiary/aromatic N) is 1. The normalized spacial score (nSPS) is 11.5. The first kappa shape index (κ1) is 19.0. The minimum atomic E-state index is -0.902. The Morgan fingerprint density at radius 3 is 2.62 bits per heavy atom. The van der Waals surface area contributed by atoms with Crippen LogP contribution in [0.3, 0.4) is 0 Å². The van der Waals surface area contributed by atoms with Gasteiger partial charge in [-0.3, -0.25) is 19.7 Å². The van der Waals surface area contributed by atoms with Crippen molar-refractivity contribution in [2.45, 2.75) is 19.4 Å². The molecule has 1 atom stereocenters. The van der Waals surface area contributed by atoms with Crippen LogP contribution in [0.4, 0.5) is 10.1 Å². The highest BCUT2D eigenvalue weighted by atomic mass is 19.1. The van der Waals surface area contributed by atoms with Crippen LogP contribution in [-0.4, -0.2) is 23.4 Å². The number of non-ortho nitro benzene ring substituents is 1. The van der Waals surface area contributed by atoms with Crippen molar-refractivity contribution in [2.75, 3.05) is 6.61 Å². The summed E-state index contributed by atoms with van der Waals surface area (Å²) < 4.78 is 18.7. The maximum Gasteiger partial charge on any atom is 0.308 e. The van der Waals surface area contributed by atoms with Crippen molar-refractivity contribution in [3.8, 4) is 0 Å². The molecular formula is C18H17FN2O5. The monoisotopic (exact) mass is 360 g/mol. The molecule has 0 aromatic heterocycles. The van der Waals surface area contributed by atoms with Gasteiger partial charge < -0.3 is 10.1 Å². The van der Waals surface area contributed by atoms with Crippen LogP contribution in [0.25, 0.3) is 0 Å². The third-order valence-corrected chi connectivity index (χ3v) is 3.58. The fraction of sp³-hybridized carbons (Fsp3) is 0.222. The molecule has 8 heteroatoms. The van der Waals surface area contributed by atoms with E-state index in [-0.39, 0.29) is 24.3 Å². The predicted octanol–water partition coefficient (Wildman–Crippen LogP) is 3.16. The molecule has 0 bridgehead atoms. The van der Waals surface area contributed by atoms with Crippen LogP contribution in [0.5, 0.6) is 0 Å². The second-order valence-corrected chi connectivity index (χ2v) is 5.37. The molecule has 2 rings (SSSR count). The van der Waals surface area contributed by atoms with Gasteiger partial charge in [-0.25, -0.2) is 4.39 Å². The number of carbonyl (C=O) groups excluding carboxylic acids is 2. The average molecular weight is 360 g/mol. The number of nitrogens with one attached hydrogen (secondary N) is 1. The molecule has 1 N–H and O–H groups in total. The van der Waals surface area contributed by atoms with Gasteiger partial charge in [-0.2, -0.15) is 0 Å². The molecule has 26 heavy (non-hydrogen) atoms. The molecule has 136 valence electrons. The molecule has 0 saturated heterocycles. The molecule has 1 unspecified atom stereocenters. The number of hydrogen-bond acceptors (Lipinski definition) is 5. The number of hydrogen-bond donors (Lipinski definition) is 1. The number of ether oxygens (including phenoxy) is 1. The van der Waals surface area contributed by atoms with Crippen molar-refractivity contribution in [3.63, 3.8) is 0 Å². The van der Waals surface area contributed by atoms with Gasteiger partial charge in [-0.15, -0.1) is 0 Å². The average Bonchev–Trinajstić information content (AvgIpc) is 2.61. The van der Waals surface area contributed by atoms with Crippen molar-refractivity contribution in [3.05, 3.63) is 75.6 Å². The number of amides is 1. The molecule has 0 aliphatic carbocycles. The van der Waals surface area contributed by atoms with E-state index < -0.39 is 28.7 Å². The zero-order valence-electron chi connectivity index (χ0n) is 14.0. The van der Waals surface area contributed by atoms with E-state index in [1.165, 1.54) is 36.4 Å². The summed E-state index contributed by atoms with van der Waals surface area (Å²) in [6.07, 6.45) is -0.241. The standard InChI is InChI=1S/C18H17FN2O5/c1-2-26-17(22)11-16(12-6-5-7-13(10-12)21(24)25)20-18(23)14-8-3-4-9-15(14)19/h3-10,16H,2,11H2,1H3,(H,20,23). The number of benzene rings is 2.